The van der Waals surface area contributed by atoms with Gasteiger partial charge >= 0.3 is 0 Å². The Kier molecular flexibility index (Phi) is 4.08. The van der Waals surface area contributed by atoms with Gasteiger partial charge in [-0.3, -0.25) is 9.80 Å². The summed E-state index contributed by atoms with van der Waals surface area (Å²) in [5, 5.41) is 7.92. The van der Waals surface area contributed by atoms with Crippen LogP contribution >= 0.6 is 0 Å². The minimum Gasteiger partial charge on any atom is -0.424 e. The molecule has 0 atom stereocenters. The third-order valence-electron chi connectivity index (χ3n) is 3.64. The van der Waals surface area contributed by atoms with E-state index in [4.69, 9.17) is 4.42 Å². The van der Waals surface area contributed by atoms with Crippen molar-refractivity contribution in [1.82, 2.24) is 20.0 Å². The van der Waals surface area contributed by atoms with Crippen LogP contribution in [0.1, 0.15) is 17.3 Å². The van der Waals surface area contributed by atoms with Crippen LogP contribution in [0.4, 0.5) is 0 Å². The summed E-state index contributed by atoms with van der Waals surface area (Å²) in [6, 6.07) is 10.6. The summed E-state index contributed by atoms with van der Waals surface area (Å²) in [6.07, 6.45) is 0. The lowest BCUT2D eigenvalue weighted by molar-refractivity contribution is 0.114. The van der Waals surface area contributed by atoms with E-state index < -0.39 is 0 Å². The quantitative estimate of drug-likeness (QED) is 0.847. The Morgan fingerprint density at radius 2 is 1.60 bits per heavy atom. The van der Waals surface area contributed by atoms with Gasteiger partial charge in [0.25, 0.3) is 0 Å². The van der Waals surface area contributed by atoms with Gasteiger partial charge in [0, 0.05) is 39.6 Å². The highest BCUT2D eigenvalue weighted by molar-refractivity contribution is 5.14. The summed E-state index contributed by atoms with van der Waals surface area (Å²) in [7, 11) is 0. The fourth-order valence-electron chi connectivity index (χ4n) is 2.54. The van der Waals surface area contributed by atoms with E-state index >= 15 is 0 Å². The first kappa shape index (κ1) is 13.3. The van der Waals surface area contributed by atoms with Crippen molar-refractivity contribution in [2.24, 2.45) is 0 Å². The summed E-state index contributed by atoms with van der Waals surface area (Å²) >= 11 is 0. The Morgan fingerprint density at radius 1 is 0.950 bits per heavy atom. The second kappa shape index (κ2) is 6.15. The molecule has 1 aliphatic rings. The average molecular weight is 272 g/mol. The maximum Gasteiger partial charge on any atom is 0.230 e. The molecule has 106 valence electrons. The van der Waals surface area contributed by atoms with Crippen molar-refractivity contribution < 1.29 is 4.42 Å². The second-order valence-electron chi connectivity index (χ2n) is 5.25. The summed E-state index contributed by atoms with van der Waals surface area (Å²) in [5.74, 6) is 1.36. The molecule has 1 aromatic heterocycles. The van der Waals surface area contributed by atoms with Gasteiger partial charge in [0.05, 0.1) is 6.54 Å². The summed E-state index contributed by atoms with van der Waals surface area (Å²) in [6.45, 7) is 7.90. The standard InChI is InChI=1S/C15H20N4O/c1-13-16-17-15(20-13)12-19-9-7-18(8-10-19)11-14-5-3-2-4-6-14/h2-6H,7-12H2,1H3. The van der Waals surface area contributed by atoms with Gasteiger partial charge in [-0.1, -0.05) is 30.3 Å². The highest BCUT2D eigenvalue weighted by Gasteiger charge is 2.18. The van der Waals surface area contributed by atoms with Crippen LogP contribution in [0.25, 0.3) is 0 Å². The number of benzene rings is 1. The van der Waals surface area contributed by atoms with Gasteiger partial charge < -0.3 is 4.42 Å². The predicted octanol–water partition coefficient (Wildman–Crippen LogP) is 1.70. The second-order valence-corrected chi connectivity index (χ2v) is 5.25. The Hall–Kier alpha value is -1.72. The Morgan fingerprint density at radius 3 is 2.20 bits per heavy atom. The van der Waals surface area contributed by atoms with Crippen molar-refractivity contribution in [3.63, 3.8) is 0 Å². The van der Waals surface area contributed by atoms with Crippen molar-refractivity contribution in [1.29, 1.82) is 0 Å². The zero-order valence-corrected chi connectivity index (χ0v) is 11.8. The fourth-order valence-corrected chi connectivity index (χ4v) is 2.54. The Balaban J connectivity index is 1.47. The smallest absolute Gasteiger partial charge is 0.230 e. The van der Waals surface area contributed by atoms with Crippen LogP contribution in [0.2, 0.25) is 0 Å². The van der Waals surface area contributed by atoms with E-state index in [0.29, 0.717) is 5.89 Å². The monoisotopic (exact) mass is 272 g/mol. The normalized spacial score (nSPS) is 17.4. The maximum atomic E-state index is 5.43. The largest absolute Gasteiger partial charge is 0.424 e. The molecule has 2 aromatic rings. The first-order valence-corrected chi connectivity index (χ1v) is 7.07. The number of hydrogen-bond donors (Lipinski definition) is 0. The van der Waals surface area contributed by atoms with Gasteiger partial charge in [-0.2, -0.15) is 0 Å². The van der Waals surface area contributed by atoms with Gasteiger partial charge in [0.15, 0.2) is 0 Å². The van der Waals surface area contributed by atoms with Crippen molar-refractivity contribution in [3.05, 3.63) is 47.7 Å². The average Bonchev–Trinajstić information content (AvgIpc) is 2.88. The summed E-state index contributed by atoms with van der Waals surface area (Å²) in [5.41, 5.74) is 1.38. The summed E-state index contributed by atoms with van der Waals surface area (Å²) < 4.78 is 5.43. The highest BCUT2D eigenvalue weighted by atomic mass is 16.4. The van der Waals surface area contributed by atoms with Gasteiger partial charge in [-0.15, -0.1) is 10.2 Å². The van der Waals surface area contributed by atoms with Crippen molar-refractivity contribution in [2.45, 2.75) is 20.0 Å². The number of aromatic nitrogens is 2. The first-order chi connectivity index (χ1) is 9.79. The van der Waals surface area contributed by atoms with Crippen molar-refractivity contribution in [3.8, 4) is 0 Å². The molecule has 2 heterocycles. The molecule has 0 aliphatic carbocycles. The number of hydrogen-bond acceptors (Lipinski definition) is 5. The number of piperazine rings is 1. The van der Waals surface area contributed by atoms with Crippen LogP contribution in [-0.4, -0.2) is 46.2 Å². The molecule has 0 spiro atoms. The minimum absolute atomic E-state index is 0.641. The lowest BCUT2D eigenvalue weighted by Gasteiger charge is -2.33. The molecule has 1 aromatic carbocycles. The van der Waals surface area contributed by atoms with E-state index in [0.717, 1.165) is 45.2 Å². The molecule has 1 fully saturated rings. The van der Waals surface area contributed by atoms with Gasteiger partial charge in [-0.25, -0.2) is 0 Å². The van der Waals surface area contributed by atoms with Crippen molar-refractivity contribution in [2.75, 3.05) is 26.2 Å². The molecule has 0 bridgehead atoms. The van der Waals surface area contributed by atoms with Crippen LogP contribution in [0.3, 0.4) is 0 Å². The third-order valence-corrected chi connectivity index (χ3v) is 3.64. The van der Waals surface area contributed by atoms with Crippen molar-refractivity contribution >= 4 is 0 Å². The van der Waals surface area contributed by atoms with Crippen LogP contribution in [0.15, 0.2) is 34.7 Å². The predicted molar refractivity (Wildman–Crippen MR) is 76.0 cm³/mol. The molecule has 5 heteroatoms. The van der Waals surface area contributed by atoms with Crippen LogP contribution in [0, 0.1) is 6.92 Å². The van der Waals surface area contributed by atoms with Crippen LogP contribution < -0.4 is 0 Å². The molecule has 3 rings (SSSR count). The van der Waals surface area contributed by atoms with E-state index in [9.17, 15) is 0 Å². The van der Waals surface area contributed by atoms with E-state index in [1.807, 2.05) is 6.92 Å². The zero-order chi connectivity index (χ0) is 13.8. The number of nitrogens with zero attached hydrogens (tertiary/aromatic N) is 4. The molecule has 0 amide bonds. The van der Waals surface area contributed by atoms with Crippen LogP contribution in [-0.2, 0) is 13.1 Å². The molecule has 20 heavy (non-hydrogen) atoms. The molecule has 0 radical (unpaired) electrons. The SMILES string of the molecule is Cc1nnc(CN2CCN(Cc3ccccc3)CC2)o1. The molecule has 1 aliphatic heterocycles. The lowest BCUT2D eigenvalue weighted by atomic mass is 10.2. The molecule has 1 saturated heterocycles. The highest BCUT2D eigenvalue weighted by Crippen LogP contribution is 2.10. The zero-order valence-electron chi connectivity index (χ0n) is 11.8. The molecule has 0 unspecified atom stereocenters. The lowest BCUT2D eigenvalue weighted by Crippen LogP contribution is -2.45. The Bertz CT molecular complexity index is 532. The van der Waals surface area contributed by atoms with Gasteiger partial charge in [0.2, 0.25) is 11.8 Å². The molecule has 5 nitrogen and oxygen atoms in total. The van der Waals surface area contributed by atoms with E-state index in [-0.39, 0.29) is 0 Å². The number of rotatable bonds is 4. The van der Waals surface area contributed by atoms with E-state index in [1.165, 1.54) is 5.56 Å². The third kappa shape index (κ3) is 3.43. The molecular weight excluding hydrogens is 252 g/mol. The Labute approximate surface area is 119 Å². The van der Waals surface area contributed by atoms with Gasteiger partial charge in [-0.05, 0) is 5.56 Å². The maximum absolute atomic E-state index is 5.43. The van der Waals surface area contributed by atoms with Crippen LogP contribution in [0.5, 0.6) is 0 Å². The topological polar surface area (TPSA) is 45.4 Å². The molecule has 0 N–H and O–H groups in total. The molecular formula is C15H20N4O. The number of aryl methyl sites for hydroxylation is 1. The first-order valence-electron chi connectivity index (χ1n) is 7.07. The van der Waals surface area contributed by atoms with E-state index in [1.54, 1.807) is 0 Å². The van der Waals surface area contributed by atoms with E-state index in [2.05, 4.69) is 50.3 Å². The minimum atomic E-state index is 0.641. The fraction of sp³-hybridized carbons (Fsp3) is 0.467. The molecule has 0 saturated carbocycles. The van der Waals surface area contributed by atoms with Gasteiger partial charge in [0.1, 0.15) is 0 Å². The summed E-state index contributed by atoms with van der Waals surface area (Å²) in [4.78, 5) is 4.86.